The number of anilines is 2. The number of piperidine rings is 1. The zero-order valence-electron chi connectivity index (χ0n) is 18.0. The predicted octanol–water partition coefficient (Wildman–Crippen LogP) is 1.03. The quantitative estimate of drug-likeness (QED) is 0.613. The number of ether oxygens (including phenoxy) is 1. The van der Waals surface area contributed by atoms with Gasteiger partial charge in [0.2, 0.25) is 5.91 Å². The van der Waals surface area contributed by atoms with Crippen molar-refractivity contribution in [1.29, 1.82) is 0 Å². The molecule has 0 saturated carbocycles. The zero-order valence-corrected chi connectivity index (χ0v) is 18.0. The van der Waals surface area contributed by atoms with Crippen molar-refractivity contribution in [2.45, 2.75) is 39.4 Å². The SMILES string of the molecule is COCCN(C(=O)CN1CCCC(C(F)(F)F)C1)c1c(N)n(CC(C)C)c(=O)[nH]c1=O. The highest BCUT2D eigenvalue weighted by Gasteiger charge is 2.42. The Morgan fingerprint density at radius 1 is 1.35 bits per heavy atom. The van der Waals surface area contributed by atoms with Crippen LogP contribution in [0.5, 0.6) is 0 Å². The van der Waals surface area contributed by atoms with E-state index in [2.05, 4.69) is 4.98 Å². The van der Waals surface area contributed by atoms with E-state index in [1.807, 2.05) is 13.8 Å². The second kappa shape index (κ2) is 10.3. The monoisotopic (exact) mass is 449 g/mol. The van der Waals surface area contributed by atoms with E-state index >= 15 is 0 Å². The second-order valence-electron chi connectivity index (χ2n) is 8.15. The molecule has 12 heteroatoms. The molecular formula is C19H30F3N5O4. The molecule has 1 aromatic heterocycles. The highest BCUT2D eigenvalue weighted by molar-refractivity contribution is 5.96. The number of carbonyl (C=O) groups excluding carboxylic acids is 1. The molecule has 176 valence electrons. The lowest BCUT2D eigenvalue weighted by Crippen LogP contribution is -2.49. The Hall–Kier alpha value is -2.34. The molecule has 1 amide bonds. The van der Waals surface area contributed by atoms with E-state index in [0.717, 1.165) is 4.90 Å². The number of nitrogens with one attached hydrogen (secondary N) is 1. The van der Waals surface area contributed by atoms with Gasteiger partial charge in [-0.2, -0.15) is 13.2 Å². The number of nitrogens with two attached hydrogens (primary N) is 1. The molecule has 3 N–H and O–H groups in total. The number of nitrogen functional groups attached to an aromatic ring is 1. The number of nitrogens with zero attached hydrogens (tertiary/aromatic N) is 3. The molecule has 0 radical (unpaired) electrons. The summed E-state index contributed by atoms with van der Waals surface area (Å²) >= 11 is 0. The number of amides is 1. The van der Waals surface area contributed by atoms with Crippen LogP contribution >= 0.6 is 0 Å². The van der Waals surface area contributed by atoms with Crippen molar-refractivity contribution in [3.63, 3.8) is 0 Å². The van der Waals surface area contributed by atoms with Gasteiger partial charge >= 0.3 is 11.9 Å². The summed E-state index contributed by atoms with van der Waals surface area (Å²) < 4.78 is 45.5. The van der Waals surface area contributed by atoms with Crippen molar-refractivity contribution in [2.75, 3.05) is 50.5 Å². The van der Waals surface area contributed by atoms with E-state index in [9.17, 15) is 27.6 Å². The number of rotatable bonds is 8. The van der Waals surface area contributed by atoms with Crippen LogP contribution in [0.4, 0.5) is 24.7 Å². The minimum absolute atomic E-state index is 0.0222. The molecule has 1 aliphatic rings. The molecule has 9 nitrogen and oxygen atoms in total. The van der Waals surface area contributed by atoms with Crippen LogP contribution < -0.4 is 21.9 Å². The highest BCUT2D eigenvalue weighted by atomic mass is 19.4. The first-order chi connectivity index (χ1) is 14.5. The van der Waals surface area contributed by atoms with Crippen molar-refractivity contribution in [3.8, 4) is 0 Å². The fourth-order valence-electron chi connectivity index (χ4n) is 3.67. The third kappa shape index (κ3) is 6.33. The topological polar surface area (TPSA) is 114 Å². The Bertz CT molecular complexity index is 881. The number of hydrogen-bond donors (Lipinski definition) is 2. The van der Waals surface area contributed by atoms with Crippen molar-refractivity contribution >= 4 is 17.4 Å². The molecule has 0 aromatic carbocycles. The lowest BCUT2D eigenvalue weighted by atomic mass is 9.97. The van der Waals surface area contributed by atoms with Crippen molar-refractivity contribution in [2.24, 2.45) is 11.8 Å². The average Bonchev–Trinajstić information content (AvgIpc) is 2.66. The number of halogens is 3. The number of likely N-dealkylation sites (tertiary alicyclic amines) is 1. The lowest BCUT2D eigenvalue weighted by molar-refractivity contribution is -0.187. The molecule has 1 aliphatic heterocycles. The summed E-state index contributed by atoms with van der Waals surface area (Å²) in [5, 5.41) is 0. The van der Waals surface area contributed by atoms with E-state index in [-0.39, 0.29) is 56.6 Å². The van der Waals surface area contributed by atoms with E-state index in [4.69, 9.17) is 10.5 Å². The van der Waals surface area contributed by atoms with Gasteiger partial charge in [0.25, 0.3) is 5.56 Å². The molecule has 1 aromatic rings. The molecule has 1 atom stereocenters. The van der Waals surface area contributed by atoms with E-state index in [1.165, 1.54) is 16.6 Å². The maximum Gasteiger partial charge on any atom is 0.393 e. The standard InChI is InChI=1S/C19H30F3N5O4/c1-12(2)9-27-16(23)15(17(29)24-18(27)30)26(7-8-31-3)14(28)11-25-6-4-5-13(10-25)19(20,21)22/h12-13H,4-11,23H2,1-3H3,(H,24,29,30). The summed E-state index contributed by atoms with van der Waals surface area (Å²) in [6.07, 6.45) is -3.99. The Morgan fingerprint density at radius 3 is 2.61 bits per heavy atom. The van der Waals surface area contributed by atoms with Gasteiger partial charge in [0.15, 0.2) is 5.69 Å². The van der Waals surface area contributed by atoms with Gasteiger partial charge in [-0.1, -0.05) is 13.8 Å². The van der Waals surface area contributed by atoms with Gasteiger partial charge < -0.3 is 15.4 Å². The van der Waals surface area contributed by atoms with Gasteiger partial charge in [-0.05, 0) is 25.3 Å². The number of carbonyl (C=O) groups is 1. The van der Waals surface area contributed by atoms with Crippen LogP contribution in [0.3, 0.4) is 0 Å². The molecule has 0 bridgehead atoms. The molecule has 1 unspecified atom stereocenters. The van der Waals surface area contributed by atoms with Crippen LogP contribution in [0.25, 0.3) is 0 Å². The molecular weight excluding hydrogens is 419 g/mol. The summed E-state index contributed by atoms with van der Waals surface area (Å²) in [4.78, 5) is 42.5. The number of alkyl halides is 3. The lowest BCUT2D eigenvalue weighted by Gasteiger charge is -2.34. The van der Waals surface area contributed by atoms with Crippen molar-refractivity contribution in [1.82, 2.24) is 14.5 Å². The number of aromatic amines is 1. The second-order valence-corrected chi connectivity index (χ2v) is 8.15. The Morgan fingerprint density at radius 2 is 2.03 bits per heavy atom. The Balaban J connectivity index is 2.34. The third-order valence-corrected chi connectivity index (χ3v) is 5.18. The summed E-state index contributed by atoms with van der Waals surface area (Å²) in [5.74, 6) is -2.22. The normalized spacial score (nSPS) is 17.8. The van der Waals surface area contributed by atoms with Crippen LogP contribution in [-0.2, 0) is 16.1 Å². The Labute approximate surface area is 178 Å². The van der Waals surface area contributed by atoms with E-state index in [0.29, 0.717) is 13.0 Å². The van der Waals surface area contributed by atoms with Crippen LogP contribution in [0.2, 0.25) is 0 Å². The highest BCUT2D eigenvalue weighted by Crippen LogP contribution is 2.33. The smallest absolute Gasteiger partial charge is 0.383 e. The summed E-state index contributed by atoms with van der Waals surface area (Å²) in [7, 11) is 1.41. The maximum atomic E-state index is 13.1. The first kappa shape index (κ1) is 24.9. The van der Waals surface area contributed by atoms with E-state index < -0.39 is 29.3 Å². The third-order valence-electron chi connectivity index (χ3n) is 5.18. The molecule has 31 heavy (non-hydrogen) atoms. The Kier molecular flexibility index (Phi) is 8.29. The molecule has 2 heterocycles. The molecule has 1 fully saturated rings. The first-order valence-corrected chi connectivity index (χ1v) is 10.2. The van der Waals surface area contributed by atoms with Gasteiger partial charge in [-0.25, -0.2) is 4.79 Å². The van der Waals surface area contributed by atoms with Gasteiger partial charge in [0.1, 0.15) is 5.82 Å². The van der Waals surface area contributed by atoms with Gasteiger partial charge in [0.05, 0.1) is 19.1 Å². The van der Waals surface area contributed by atoms with Crippen LogP contribution in [-0.4, -0.2) is 66.4 Å². The first-order valence-electron chi connectivity index (χ1n) is 10.2. The van der Waals surface area contributed by atoms with Crippen LogP contribution in [0, 0.1) is 11.8 Å². The largest absolute Gasteiger partial charge is 0.393 e. The fourth-order valence-corrected chi connectivity index (χ4v) is 3.67. The van der Waals surface area contributed by atoms with Gasteiger partial charge in [-0.3, -0.25) is 24.0 Å². The van der Waals surface area contributed by atoms with Crippen molar-refractivity contribution in [3.05, 3.63) is 20.8 Å². The average molecular weight is 449 g/mol. The number of aromatic nitrogens is 2. The minimum Gasteiger partial charge on any atom is -0.383 e. The number of hydrogen-bond acceptors (Lipinski definition) is 6. The molecule has 1 saturated heterocycles. The maximum absolute atomic E-state index is 13.1. The van der Waals surface area contributed by atoms with Crippen LogP contribution in [0.15, 0.2) is 9.59 Å². The molecule has 0 spiro atoms. The molecule has 2 rings (SSSR count). The minimum atomic E-state index is -4.33. The zero-order chi connectivity index (χ0) is 23.3. The van der Waals surface area contributed by atoms with Crippen molar-refractivity contribution < 1.29 is 22.7 Å². The van der Waals surface area contributed by atoms with Gasteiger partial charge in [0, 0.05) is 26.7 Å². The van der Waals surface area contributed by atoms with Crippen LogP contribution in [0.1, 0.15) is 26.7 Å². The number of H-pyrrole nitrogens is 1. The summed E-state index contributed by atoms with van der Waals surface area (Å²) in [6, 6.07) is 0. The molecule has 0 aliphatic carbocycles. The van der Waals surface area contributed by atoms with E-state index in [1.54, 1.807) is 0 Å². The summed E-state index contributed by atoms with van der Waals surface area (Å²) in [6.45, 7) is 3.72. The summed E-state index contributed by atoms with van der Waals surface area (Å²) in [5.41, 5.74) is 4.37. The fraction of sp³-hybridized carbons (Fsp3) is 0.737. The number of methoxy groups -OCH3 is 1. The predicted molar refractivity (Wildman–Crippen MR) is 110 cm³/mol. The van der Waals surface area contributed by atoms with Gasteiger partial charge in [-0.15, -0.1) is 0 Å².